The van der Waals surface area contributed by atoms with Crippen molar-refractivity contribution in [1.29, 1.82) is 0 Å². The number of halogens is 1. The van der Waals surface area contributed by atoms with E-state index in [9.17, 15) is 0 Å². The molecule has 0 bridgehead atoms. The van der Waals surface area contributed by atoms with Crippen LogP contribution in [0.3, 0.4) is 0 Å². The number of H-pyrrole nitrogens is 1. The van der Waals surface area contributed by atoms with Crippen LogP contribution in [-0.4, -0.2) is 16.0 Å². The summed E-state index contributed by atoms with van der Waals surface area (Å²) in [6, 6.07) is 0.564. The molecule has 0 spiro atoms. The van der Waals surface area contributed by atoms with E-state index in [1.54, 1.807) is 0 Å². The molecule has 3 nitrogen and oxygen atoms in total. The van der Waals surface area contributed by atoms with Crippen LogP contribution in [0.4, 0.5) is 0 Å². The largest absolute Gasteiger partial charge is 0.344 e. The number of aromatic amines is 1. The SMILES string of the molecule is CCCCc1nc(Cl)c(CN[C@@H](C)C2CCCCC2)[nH]1. The number of rotatable bonds is 7. The van der Waals surface area contributed by atoms with E-state index in [2.05, 4.69) is 29.1 Å². The molecule has 1 saturated carbocycles. The van der Waals surface area contributed by atoms with Gasteiger partial charge in [-0.3, -0.25) is 0 Å². The standard InChI is InChI=1S/C16H28ClN3/c1-3-4-10-15-19-14(16(17)20-15)11-18-12(2)13-8-6-5-7-9-13/h12-13,18H,3-11H2,1-2H3,(H,19,20)/t12-/m0/s1. The highest BCUT2D eigenvalue weighted by atomic mass is 35.5. The molecule has 0 amide bonds. The third kappa shape index (κ3) is 4.49. The topological polar surface area (TPSA) is 40.7 Å². The molecule has 0 aromatic carbocycles. The molecule has 0 unspecified atom stereocenters. The first kappa shape index (κ1) is 15.8. The van der Waals surface area contributed by atoms with Crippen LogP contribution in [0.2, 0.25) is 5.15 Å². The zero-order chi connectivity index (χ0) is 14.4. The fourth-order valence-electron chi connectivity index (χ4n) is 3.08. The van der Waals surface area contributed by atoms with Gasteiger partial charge in [0.2, 0.25) is 0 Å². The Balaban J connectivity index is 1.81. The van der Waals surface area contributed by atoms with E-state index in [0.29, 0.717) is 11.2 Å². The Labute approximate surface area is 127 Å². The first-order chi connectivity index (χ1) is 9.70. The van der Waals surface area contributed by atoms with E-state index in [-0.39, 0.29) is 0 Å². The van der Waals surface area contributed by atoms with Crippen LogP contribution in [0.5, 0.6) is 0 Å². The van der Waals surface area contributed by atoms with E-state index in [1.165, 1.54) is 38.5 Å². The van der Waals surface area contributed by atoms with E-state index in [4.69, 9.17) is 11.6 Å². The Hall–Kier alpha value is -0.540. The lowest BCUT2D eigenvalue weighted by molar-refractivity contribution is 0.280. The predicted molar refractivity (Wildman–Crippen MR) is 85.1 cm³/mol. The van der Waals surface area contributed by atoms with E-state index < -0.39 is 0 Å². The van der Waals surface area contributed by atoms with Crippen LogP contribution < -0.4 is 5.32 Å². The average molecular weight is 298 g/mol. The molecular weight excluding hydrogens is 270 g/mol. The van der Waals surface area contributed by atoms with E-state index in [0.717, 1.165) is 36.8 Å². The van der Waals surface area contributed by atoms with Gasteiger partial charge in [-0.1, -0.05) is 44.2 Å². The highest BCUT2D eigenvalue weighted by Gasteiger charge is 2.20. The van der Waals surface area contributed by atoms with E-state index in [1.807, 2.05) is 0 Å². The molecule has 2 N–H and O–H groups in total. The van der Waals surface area contributed by atoms with Crippen molar-refractivity contribution in [3.05, 3.63) is 16.7 Å². The summed E-state index contributed by atoms with van der Waals surface area (Å²) in [6.07, 6.45) is 10.3. The highest BCUT2D eigenvalue weighted by Crippen LogP contribution is 2.26. The second kappa shape index (κ2) is 8.04. The summed E-state index contributed by atoms with van der Waals surface area (Å²) < 4.78 is 0. The van der Waals surface area contributed by atoms with Crippen molar-refractivity contribution < 1.29 is 0 Å². The lowest BCUT2D eigenvalue weighted by Crippen LogP contribution is -2.34. The number of imidazole rings is 1. The Morgan fingerprint density at radius 3 is 2.80 bits per heavy atom. The molecule has 0 saturated heterocycles. The second-order valence-electron chi connectivity index (χ2n) is 6.12. The fraction of sp³-hybridized carbons (Fsp3) is 0.812. The number of nitrogens with zero attached hydrogens (tertiary/aromatic N) is 1. The number of hydrogen-bond acceptors (Lipinski definition) is 2. The Bertz CT molecular complexity index is 396. The summed E-state index contributed by atoms with van der Waals surface area (Å²) in [7, 11) is 0. The molecule has 1 aromatic rings. The lowest BCUT2D eigenvalue weighted by Gasteiger charge is -2.28. The van der Waals surface area contributed by atoms with Crippen molar-refractivity contribution in [2.45, 2.75) is 77.8 Å². The van der Waals surface area contributed by atoms with Crippen LogP contribution in [-0.2, 0) is 13.0 Å². The Morgan fingerprint density at radius 2 is 2.10 bits per heavy atom. The number of hydrogen-bond donors (Lipinski definition) is 2. The van der Waals surface area contributed by atoms with Crippen molar-refractivity contribution in [3.63, 3.8) is 0 Å². The van der Waals surface area contributed by atoms with Crippen LogP contribution in [0, 0.1) is 5.92 Å². The number of unbranched alkanes of at least 4 members (excludes halogenated alkanes) is 1. The van der Waals surface area contributed by atoms with Gasteiger partial charge in [0.1, 0.15) is 5.82 Å². The molecule has 2 rings (SSSR count). The number of nitrogens with one attached hydrogen (secondary N) is 2. The molecule has 1 aliphatic carbocycles. The highest BCUT2D eigenvalue weighted by molar-refractivity contribution is 6.30. The minimum Gasteiger partial charge on any atom is -0.344 e. The maximum Gasteiger partial charge on any atom is 0.151 e. The van der Waals surface area contributed by atoms with Crippen LogP contribution >= 0.6 is 11.6 Å². The van der Waals surface area contributed by atoms with Gasteiger partial charge in [0.15, 0.2) is 5.15 Å². The monoisotopic (exact) mass is 297 g/mol. The quantitative estimate of drug-likeness (QED) is 0.780. The molecule has 1 fully saturated rings. The molecule has 1 heterocycles. The molecule has 1 aromatic heterocycles. The summed E-state index contributed by atoms with van der Waals surface area (Å²) >= 11 is 6.21. The molecule has 4 heteroatoms. The summed E-state index contributed by atoms with van der Waals surface area (Å²) in [5, 5.41) is 4.26. The molecule has 0 aliphatic heterocycles. The van der Waals surface area contributed by atoms with Gasteiger partial charge in [-0.2, -0.15) is 0 Å². The lowest BCUT2D eigenvalue weighted by atomic mass is 9.84. The van der Waals surface area contributed by atoms with Gasteiger partial charge in [-0.15, -0.1) is 0 Å². The van der Waals surface area contributed by atoms with Gasteiger partial charge in [0.25, 0.3) is 0 Å². The van der Waals surface area contributed by atoms with Gasteiger partial charge >= 0.3 is 0 Å². The van der Waals surface area contributed by atoms with Crippen molar-refractivity contribution in [2.24, 2.45) is 5.92 Å². The maximum atomic E-state index is 6.21. The van der Waals surface area contributed by atoms with Crippen molar-refractivity contribution >= 4 is 11.6 Å². The van der Waals surface area contributed by atoms with Crippen LogP contribution in [0.1, 0.15) is 70.3 Å². The van der Waals surface area contributed by atoms with Gasteiger partial charge in [-0.25, -0.2) is 4.98 Å². The fourth-order valence-corrected chi connectivity index (χ4v) is 3.30. The first-order valence-electron chi connectivity index (χ1n) is 8.17. The minimum atomic E-state index is 0.564. The summed E-state index contributed by atoms with van der Waals surface area (Å²) in [4.78, 5) is 7.78. The Kier molecular flexibility index (Phi) is 6.37. The Morgan fingerprint density at radius 1 is 1.35 bits per heavy atom. The zero-order valence-corrected chi connectivity index (χ0v) is 13.6. The molecule has 20 heavy (non-hydrogen) atoms. The normalized spacial score (nSPS) is 18.4. The van der Waals surface area contributed by atoms with Gasteiger partial charge in [0.05, 0.1) is 5.69 Å². The molecule has 1 atom stereocenters. The average Bonchev–Trinajstić information content (AvgIpc) is 2.83. The summed E-state index contributed by atoms with van der Waals surface area (Å²) in [6.45, 7) is 5.30. The molecule has 114 valence electrons. The smallest absolute Gasteiger partial charge is 0.151 e. The summed E-state index contributed by atoms with van der Waals surface area (Å²) in [5.74, 6) is 1.85. The second-order valence-corrected chi connectivity index (χ2v) is 6.48. The number of aryl methyl sites for hydroxylation is 1. The first-order valence-corrected chi connectivity index (χ1v) is 8.55. The van der Waals surface area contributed by atoms with Gasteiger partial charge in [0, 0.05) is 19.0 Å². The van der Waals surface area contributed by atoms with Gasteiger partial charge < -0.3 is 10.3 Å². The maximum absolute atomic E-state index is 6.21. The van der Waals surface area contributed by atoms with Crippen molar-refractivity contribution in [1.82, 2.24) is 15.3 Å². The van der Waals surface area contributed by atoms with Crippen LogP contribution in [0.25, 0.3) is 0 Å². The molecule has 1 aliphatic rings. The minimum absolute atomic E-state index is 0.564. The molecule has 0 radical (unpaired) electrons. The third-order valence-electron chi connectivity index (χ3n) is 4.50. The van der Waals surface area contributed by atoms with E-state index >= 15 is 0 Å². The summed E-state index contributed by atoms with van der Waals surface area (Å²) in [5.41, 5.74) is 1.04. The van der Waals surface area contributed by atoms with Gasteiger partial charge in [-0.05, 0) is 32.1 Å². The predicted octanol–water partition coefficient (Wildman–Crippen LogP) is 4.46. The van der Waals surface area contributed by atoms with Crippen LogP contribution in [0.15, 0.2) is 0 Å². The zero-order valence-electron chi connectivity index (χ0n) is 12.8. The molecular formula is C16H28ClN3. The van der Waals surface area contributed by atoms with Crippen molar-refractivity contribution in [2.75, 3.05) is 0 Å². The third-order valence-corrected chi connectivity index (χ3v) is 4.81. The number of aromatic nitrogens is 2. The van der Waals surface area contributed by atoms with Crippen molar-refractivity contribution in [3.8, 4) is 0 Å².